The van der Waals surface area contributed by atoms with Crippen LogP contribution in [-0.2, 0) is 21.5 Å². The second-order valence-corrected chi connectivity index (χ2v) is 9.69. The van der Waals surface area contributed by atoms with E-state index in [1.54, 1.807) is 0 Å². The van der Waals surface area contributed by atoms with E-state index in [1.807, 2.05) is 36.2 Å². The SMILES string of the molecule is CC[C@@H](NS(=O)(=O)CCCOCn1cc(F)c(=O)[nH]c1=O)c1cccc(OCC2CC2)c1. The van der Waals surface area contributed by atoms with E-state index in [-0.39, 0.29) is 31.6 Å². The zero-order chi connectivity index (χ0) is 23.1. The van der Waals surface area contributed by atoms with E-state index in [0.717, 1.165) is 22.1 Å². The Labute approximate surface area is 185 Å². The van der Waals surface area contributed by atoms with Gasteiger partial charge in [0.1, 0.15) is 12.5 Å². The first-order valence-electron chi connectivity index (χ1n) is 10.6. The van der Waals surface area contributed by atoms with Crippen LogP contribution in [0.3, 0.4) is 0 Å². The van der Waals surface area contributed by atoms with Crippen LogP contribution in [0, 0.1) is 11.7 Å². The third-order valence-electron chi connectivity index (χ3n) is 5.07. The van der Waals surface area contributed by atoms with Crippen LogP contribution in [0.4, 0.5) is 4.39 Å². The standard InChI is InChI=1S/C21H28FN3O6S/c1-2-19(16-5-3-6-17(11-16)31-13-15-7-8-15)24-32(28,29)10-4-9-30-14-25-12-18(22)20(26)23-21(25)27/h3,5-6,11-12,15,19,24H,2,4,7-10,13-14H2,1H3,(H,23,26,27)/t19-/m1/s1. The molecule has 1 heterocycles. The van der Waals surface area contributed by atoms with E-state index in [1.165, 1.54) is 12.8 Å². The van der Waals surface area contributed by atoms with Crippen molar-refractivity contribution >= 4 is 10.0 Å². The highest BCUT2D eigenvalue weighted by Gasteiger charge is 2.22. The number of halogens is 1. The molecular weight excluding hydrogens is 441 g/mol. The predicted molar refractivity (Wildman–Crippen MR) is 116 cm³/mol. The molecule has 1 saturated carbocycles. The van der Waals surface area contributed by atoms with Crippen LogP contribution in [0.25, 0.3) is 0 Å². The average Bonchev–Trinajstić information content (AvgIpc) is 3.58. The number of nitrogens with one attached hydrogen (secondary N) is 2. The molecule has 0 bridgehead atoms. The molecule has 0 saturated heterocycles. The smallest absolute Gasteiger partial charge is 0.330 e. The third-order valence-corrected chi connectivity index (χ3v) is 6.54. The first kappa shape index (κ1) is 24.1. The van der Waals surface area contributed by atoms with Crippen molar-refractivity contribution in [3.05, 3.63) is 62.7 Å². The van der Waals surface area contributed by atoms with Crippen molar-refractivity contribution in [2.75, 3.05) is 19.0 Å². The van der Waals surface area contributed by atoms with Gasteiger partial charge in [-0.15, -0.1) is 0 Å². The molecular formula is C21H28FN3O6S. The van der Waals surface area contributed by atoms with Crippen molar-refractivity contribution in [1.82, 2.24) is 14.3 Å². The number of H-pyrrole nitrogens is 1. The first-order chi connectivity index (χ1) is 15.3. The maximum absolute atomic E-state index is 13.2. The fourth-order valence-corrected chi connectivity index (χ4v) is 4.43. The normalized spacial score (nSPS) is 14.9. The number of benzene rings is 1. The monoisotopic (exact) mass is 469 g/mol. The zero-order valence-corrected chi connectivity index (χ0v) is 18.7. The van der Waals surface area contributed by atoms with Crippen LogP contribution >= 0.6 is 0 Å². The number of hydrogen-bond acceptors (Lipinski definition) is 6. The van der Waals surface area contributed by atoms with E-state index in [2.05, 4.69) is 4.72 Å². The fraction of sp³-hybridized carbons (Fsp3) is 0.524. The molecule has 0 spiro atoms. The Morgan fingerprint density at radius 1 is 1.31 bits per heavy atom. The summed E-state index contributed by atoms with van der Waals surface area (Å²) in [6.45, 7) is 2.32. The van der Waals surface area contributed by atoms with E-state index >= 15 is 0 Å². The van der Waals surface area contributed by atoms with Gasteiger partial charge in [0.05, 0.1) is 18.6 Å². The molecule has 2 aromatic rings. The number of aromatic amines is 1. The van der Waals surface area contributed by atoms with Crippen molar-refractivity contribution in [3.8, 4) is 5.75 Å². The van der Waals surface area contributed by atoms with Crippen molar-refractivity contribution in [3.63, 3.8) is 0 Å². The van der Waals surface area contributed by atoms with Crippen molar-refractivity contribution in [2.24, 2.45) is 5.92 Å². The largest absolute Gasteiger partial charge is 0.493 e. The Kier molecular flexibility index (Phi) is 8.21. The summed E-state index contributed by atoms with van der Waals surface area (Å²) in [6.07, 6.45) is 3.88. The summed E-state index contributed by atoms with van der Waals surface area (Å²) in [4.78, 5) is 24.4. The Morgan fingerprint density at radius 2 is 2.09 bits per heavy atom. The van der Waals surface area contributed by atoms with Crippen LogP contribution in [0.2, 0.25) is 0 Å². The second-order valence-electron chi connectivity index (χ2n) is 7.82. The summed E-state index contributed by atoms with van der Waals surface area (Å²) in [5, 5.41) is 0. The highest BCUT2D eigenvalue weighted by atomic mass is 32.2. The number of nitrogens with zero attached hydrogens (tertiary/aromatic N) is 1. The molecule has 1 fully saturated rings. The lowest BCUT2D eigenvalue weighted by Gasteiger charge is -2.18. The van der Waals surface area contributed by atoms with E-state index in [4.69, 9.17) is 9.47 Å². The Bertz CT molecular complexity index is 1130. The molecule has 1 atom stereocenters. The van der Waals surface area contributed by atoms with Crippen molar-refractivity contribution in [2.45, 2.75) is 45.4 Å². The molecule has 0 radical (unpaired) electrons. The van der Waals surface area contributed by atoms with Crippen molar-refractivity contribution < 1.29 is 22.3 Å². The molecule has 0 amide bonds. The van der Waals surface area contributed by atoms with Crippen molar-refractivity contribution in [1.29, 1.82) is 0 Å². The van der Waals surface area contributed by atoms with Gasteiger partial charge in [0, 0.05) is 12.6 Å². The van der Waals surface area contributed by atoms with Gasteiger partial charge in [-0.3, -0.25) is 14.3 Å². The summed E-state index contributed by atoms with van der Waals surface area (Å²) < 4.78 is 52.8. The van der Waals surface area contributed by atoms with Crippen LogP contribution in [0.15, 0.2) is 40.1 Å². The van der Waals surface area contributed by atoms with Crippen LogP contribution < -0.4 is 20.7 Å². The van der Waals surface area contributed by atoms with E-state index in [0.29, 0.717) is 18.9 Å². The predicted octanol–water partition coefficient (Wildman–Crippen LogP) is 1.90. The molecule has 1 aromatic carbocycles. The minimum Gasteiger partial charge on any atom is -0.493 e. The number of rotatable bonds is 13. The molecule has 32 heavy (non-hydrogen) atoms. The average molecular weight is 470 g/mol. The molecule has 1 aliphatic carbocycles. The van der Waals surface area contributed by atoms with E-state index < -0.39 is 27.1 Å². The lowest BCUT2D eigenvalue weighted by atomic mass is 10.1. The fourth-order valence-electron chi connectivity index (χ4n) is 3.07. The summed E-state index contributed by atoms with van der Waals surface area (Å²) in [6, 6.07) is 7.07. The topological polar surface area (TPSA) is 119 Å². The van der Waals surface area contributed by atoms with Gasteiger partial charge in [0.2, 0.25) is 15.8 Å². The first-order valence-corrected chi connectivity index (χ1v) is 12.2. The molecule has 0 aliphatic heterocycles. The molecule has 176 valence electrons. The number of hydrogen-bond donors (Lipinski definition) is 2. The highest BCUT2D eigenvalue weighted by molar-refractivity contribution is 7.89. The quantitative estimate of drug-likeness (QED) is 0.433. The van der Waals surface area contributed by atoms with Gasteiger partial charge in [-0.1, -0.05) is 19.1 Å². The lowest BCUT2D eigenvalue weighted by molar-refractivity contribution is 0.0736. The van der Waals surface area contributed by atoms with Gasteiger partial charge < -0.3 is 9.47 Å². The summed E-state index contributed by atoms with van der Waals surface area (Å²) in [7, 11) is -3.58. The molecule has 2 N–H and O–H groups in total. The minimum absolute atomic E-state index is 0.0371. The molecule has 0 unspecified atom stereocenters. The Balaban J connectivity index is 1.47. The van der Waals surface area contributed by atoms with Gasteiger partial charge in [-0.2, -0.15) is 4.39 Å². The zero-order valence-electron chi connectivity index (χ0n) is 17.9. The molecule has 3 rings (SSSR count). The lowest BCUT2D eigenvalue weighted by Crippen LogP contribution is -2.32. The second kappa shape index (κ2) is 10.9. The number of sulfonamides is 1. The van der Waals surface area contributed by atoms with Gasteiger partial charge in [-0.05, 0) is 49.3 Å². The molecule has 1 aliphatic rings. The van der Waals surface area contributed by atoms with Crippen LogP contribution in [0.1, 0.15) is 44.2 Å². The minimum atomic E-state index is -3.58. The van der Waals surface area contributed by atoms with Gasteiger partial charge in [0.25, 0.3) is 5.56 Å². The van der Waals surface area contributed by atoms with Gasteiger partial charge >= 0.3 is 5.69 Å². The summed E-state index contributed by atoms with van der Waals surface area (Å²) >= 11 is 0. The van der Waals surface area contributed by atoms with Crippen LogP contribution in [0.5, 0.6) is 5.75 Å². The summed E-state index contributed by atoms with van der Waals surface area (Å²) in [5.74, 6) is 0.0844. The van der Waals surface area contributed by atoms with E-state index in [9.17, 15) is 22.4 Å². The highest BCUT2D eigenvalue weighted by Crippen LogP contribution is 2.30. The molecule has 9 nitrogen and oxygen atoms in total. The molecule has 11 heteroatoms. The Morgan fingerprint density at radius 3 is 2.81 bits per heavy atom. The molecule has 1 aromatic heterocycles. The maximum atomic E-state index is 13.2. The number of ether oxygens (including phenoxy) is 2. The summed E-state index contributed by atoms with van der Waals surface area (Å²) in [5.41, 5.74) is -1.08. The van der Waals surface area contributed by atoms with Crippen LogP contribution in [-0.4, -0.2) is 36.9 Å². The van der Waals surface area contributed by atoms with Gasteiger partial charge in [-0.25, -0.2) is 17.9 Å². The van der Waals surface area contributed by atoms with Gasteiger partial charge in [0.15, 0.2) is 0 Å². The maximum Gasteiger partial charge on any atom is 0.330 e. The Hall–Kier alpha value is -2.50. The number of aromatic nitrogens is 2. The third kappa shape index (κ3) is 7.28.